The van der Waals surface area contributed by atoms with Gasteiger partial charge < -0.3 is 15.4 Å². The number of amides is 1. The first-order valence-electron chi connectivity index (χ1n) is 7.98. The van der Waals surface area contributed by atoms with Crippen molar-refractivity contribution < 1.29 is 22.7 Å². The molecule has 1 heterocycles. The molecule has 25 heavy (non-hydrogen) atoms. The summed E-state index contributed by atoms with van der Waals surface area (Å²) in [5.41, 5.74) is -0.915. The molecule has 0 unspecified atom stereocenters. The summed E-state index contributed by atoms with van der Waals surface area (Å²) in [4.78, 5) is 12.1. The van der Waals surface area contributed by atoms with E-state index in [0.29, 0.717) is 13.2 Å². The summed E-state index contributed by atoms with van der Waals surface area (Å²) in [6, 6.07) is 5.18. The molecule has 0 radical (unpaired) electrons. The van der Waals surface area contributed by atoms with E-state index >= 15 is 0 Å². The maximum Gasteiger partial charge on any atom is 0.416 e. The average molecular weight is 381 g/mol. The Hall–Kier alpha value is -1.31. The number of halogens is 4. The van der Waals surface area contributed by atoms with Crippen LogP contribution < -0.4 is 10.6 Å². The second-order valence-corrected chi connectivity index (χ2v) is 6.29. The van der Waals surface area contributed by atoms with Crippen LogP contribution in [-0.4, -0.2) is 39.3 Å². The number of alkyl halides is 3. The smallest absolute Gasteiger partial charge is 0.384 e. The molecular weight excluding hydrogens is 357 g/mol. The number of benzene rings is 1. The van der Waals surface area contributed by atoms with Gasteiger partial charge in [-0.25, -0.2) is 0 Å². The van der Waals surface area contributed by atoms with Crippen molar-refractivity contribution in [2.45, 2.75) is 25.4 Å². The number of piperidine rings is 1. The van der Waals surface area contributed by atoms with Gasteiger partial charge in [0.1, 0.15) is 0 Å². The lowest BCUT2D eigenvalue weighted by molar-refractivity contribution is -0.138. The van der Waals surface area contributed by atoms with Crippen molar-refractivity contribution in [3.63, 3.8) is 0 Å². The molecule has 1 aromatic carbocycles. The highest BCUT2D eigenvalue weighted by Gasteiger charge is 2.34. The van der Waals surface area contributed by atoms with Crippen LogP contribution >= 0.6 is 12.4 Å². The number of hydrogen-bond donors (Lipinski definition) is 2. The molecule has 0 aromatic heterocycles. The van der Waals surface area contributed by atoms with Crippen molar-refractivity contribution in [2.24, 2.45) is 5.41 Å². The Kier molecular flexibility index (Phi) is 8.18. The van der Waals surface area contributed by atoms with E-state index in [-0.39, 0.29) is 29.8 Å². The first-order valence-corrected chi connectivity index (χ1v) is 7.98. The van der Waals surface area contributed by atoms with Gasteiger partial charge in [0.25, 0.3) is 0 Å². The molecule has 1 aliphatic rings. The molecule has 1 aliphatic heterocycles. The standard InChI is InChI=1S/C17H23F3N2O2.ClH/c1-24-12-16(6-8-21-9-7-16)11-22-15(23)10-13-4-2-3-5-14(13)17(18,19)20;/h2-5,21H,6-12H2,1H3,(H,22,23);1H. The molecule has 0 atom stereocenters. The highest BCUT2D eigenvalue weighted by atomic mass is 35.5. The largest absolute Gasteiger partial charge is 0.416 e. The van der Waals surface area contributed by atoms with Crippen molar-refractivity contribution in [3.8, 4) is 0 Å². The van der Waals surface area contributed by atoms with E-state index in [1.807, 2.05) is 0 Å². The number of rotatable bonds is 6. The van der Waals surface area contributed by atoms with E-state index in [2.05, 4.69) is 10.6 Å². The molecule has 2 N–H and O–H groups in total. The Labute approximate surface area is 151 Å². The summed E-state index contributed by atoms with van der Waals surface area (Å²) in [5.74, 6) is -0.402. The van der Waals surface area contributed by atoms with E-state index in [0.717, 1.165) is 32.0 Å². The summed E-state index contributed by atoms with van der Waals surface area (Å²) in [7, 11) is 1.62. The Morgan fingerprint density at radius 3 is 2.52 bits per heavy atom. The van der Waals surface area contributed by atoms with Crippen LogP contribution in [0.1, 0.15) is 24.0 Å². The zero-order valence-corrected chi connectivity index (χ0v) is 14.9. The summed E-state index contributed by atoms with van der Waals surface area (Å²) in [5, 5.41) is 6.05. The molecule has 1 saturated heterocycles. The molecule has 0 saturated carbocycles. The fourth-order valence-corrected chi connectivity index (χ4v) is 3.11. The second kappa shape index (κ2) is 9.40. The summed E-state index contributed by atoms with van der Waals surface area (Å²) in [6.45, 7) is 2.62. The molecule has 1 amide bonds. The fraction of sp³-hybridized carbons (Fsp3) is 0.588. The molecule has 0 bridgehead atoms. The summed E-state index contributed by atoms with van der Waals surface area (Å²) < 4.78 is 44.2. The van der Waals surface area contributed by atoms with Gasteiger partial charge in [-0.3, -0.25) is 4.79 Å². The maximum absolute atomic E-state index is 13.0. The fourth-order valence-electron chi connectivity index (χ4n) is 3.11. The SMILES string of the molecule is COCC1(CNC(=O)Cc2ccccc2C(F)(F)F)CCNCC1.Cl. The minimum Gasteiger partial charge on any atom is -0.384 e. The van der Waals surface area contributed by atoms with Crippen molar-refractivity contribution in [1.82, 2.24) is 10.6 Å². The zero-order chi connectivity index (χ0) is 17.6. The first kappa shape index (κ1) is 21.7. The van der Waals surface area contributed by atoms with Crippen LogP contribution in [0, 0.1) is 5.41 Å². The van der Waals surface area contributed by atoms with Crippen LogP contribution in [0.5, 0.6) is 0 Å². The van der Waals surface area contributed by atoms with Crippen molar-refractivity contribution >= 4 is 18.3 Å². The van der Waals surface area contributed by atoms with Gasteiger partial charge in [-0.2, -0.15) is 13.2 Å². The molecule has 2 rings (SSSR count). The quantitative estimate of drug-likeness (QED) is 0.798. The average Bonchev–Trinajstić information content (AvgIpc) is 2.54. The van der Waals surface area contributed by atoms with Crippen LogP contribution in [0.25, 0.3) is 0 Å². The Morgan fingerprint density at radius 2 is 1.92 bits per heavy atom. The number of carbonyl (C=O) groups excluding carboxylic acids is 1. The van der Waals surface area contributed by atoms with Gasteiger partial charge in [0.05, 0.1) is 18.6 Å². The third-order valence-electron chi connectivity index (χ3n) is 4.45. The lowest BCUT2D eigenvalue weighted by atomic mass is 9.79. The highest BCUT2D eigenvalue weighted by molar-refractivity contribution is 5.85. The van der Waals surface area contributed by atoms with Gasteiger partial charge in [0.15, 0.2) is 0 Å². The van der Waals surface area contributed by atoms with E-state index in [4.69, 9.17) is 4.74 Å². The third-order valence-corrected chi connectivity index (χ3v) is 4.45. The highest BCUT2D eigenvalue weighted by Crippen LogP contribution is 2.32. The second-order valence-electron chi connectivity index (χ2n) is 6.29. The van der Waals surface area contributed by atoms with Crippen LogP contribution in [0.2, 0.25) is 0 Å². The van der Waals surface area contributed by atoms with Crippen molar-refractivity contribution in [3.05, 3.63) is 35.4 Å². The predicted molar refractivity (Wildman–Crippen MR) is 91.8 cm³/mol. The van der Waals surface area contributed by atoms with Crippen LogP contribution in [0.15, 0.2) is 24.3 Å². The van der Waals surface area contributed by atoms with Crippen LogP contribution in [-0.2, 0) is 22.1 Å². The Morgan fingerprint density at radius 1 is 1.28 bits per heavy atom. The Balaban J connectivity index is 0.00000312. The molecule has 0 aliphatic carbocycles. The van der Waals surface area contributed by atoms with Gasteiger partial charge in [-0.05, 0) is 37.6 Å². The number of carbonyl (C=O) groups is 1. The van der Waals surface area contributed by atoms with Crippen LogP contribution in [0.4, 0.5) is 13.2 Å². The topological polar surface area (TPSA) is 50.4 Å². The molecule has 1 fully saturated rings. The number of nitrogens with one attached hydrogen (secondary N) is 2. The Bertz CT molecular complexity index is 556. The van der Waals surface area contributed by atoms with Crippen molar-refractivity contribution in [1.29, 1.82) is 0 Å². The molecule has 8 heteroatoms. The molecule has 142 valence electrons. The van der Waals surface area contributed by atoms with Crippen LogP contribution in [0.3, 0.4) is 0 Å². The number of ether oxygens (including phenoxy) is 1. The van der Waals surface area contributed by atoms with Crippen molar-refractivity contribution in [2.75, 3.05) is 33.4 Å². The minimum absolute atomic E-state index is 0. The number of methoxy groups -OCH3 is 1. The maximum atomic E-state index is 13.0. The summed E-state index contributed by atoms with van der Waals surface area (Å²) >= 11 is 0. The minimum atomic E-state index is -4.46. The van der Waals surface area contributed by atoms with E-state index in [1.54, 1.807) is 7.11 Å². The van der Waals surface area contributed by atoms with Gasteiger partial charge in [-0.1, -0.05) is 18.2 Å². The van der Waals surface area contributed by atoms with Gasteiger partial charge in [-0.15, -0.1) is 12.4 Å². The number of hydrogen-bond acceptors (Lipinski definition) is 3. The zero-order valence-electron chi connectivity index (χ0n) is 14.1. The molecule has 0 spiro atoms. The normalized spacial score (nSPS) is 16.8. The molecular formula is C17H24ClF3N2O2. The molecule has 1 aromatic rings. The van der Waals surface area contributed by atoms with E-state index in [1.165, 1.54) is 18.2 Å². The monoisotopic (exact) mass is 380 g/mol. The summed E-state index contributed by atoms with van der Waals surface area (Å²) in [6.07, 6.45) is -3.01. The lowest BCUT2D eigenvalue weighted by Gasteiger charge is -2.37. The van der Waals surface area contributed by atoms with Gasteiger partial charge in [0.2, 0.25) is 5.91 Å². The van der Waals surface area contributed by atoms with E-state index < -0.39 is 17.6 Å². The predicted octanol–water partition coefficient (Wildman–Crippen LogP) is 2.80. The lowest BCUT2D eigenvalue weighted by Crippen LogP contribution is -2.47. The first-order chi connectivity index (χ1) is 11.4. The van der Waals surface area contributed by atoms with Gasteiger partial charge in [0, 0.05) is 19.1 Å². The van der Waals surface area contributed by atoms with E-state index in [9.17, 15) is 18.0 Å². The third kappa shape index (κ3) is 6.17. The van der Waals surface area contributed by atoms with Gasteiger partial charge >= 0.3 is 6.18 Å². The molecule has 4 nitrogen and oxygen atoms in total.